The van der Waals surface area contributed by atoms with Crippen LogP contribution in [0.5, 0.6) is 0 Å². The van der Waals surface area contributed by atoms with Crippen LogP contribution in [0.25, 0.3) is 0 Å². The molecule has 1 amide bonds. The molecule has 1 N–H and O–H groups in total. The first kappa shape index (κ1) is 19.9. The van der Waals surface area contributed by atoms with Gasteiger partial charge in [0.25, 0.3) is 0 Å². The molecule has 2 aromatic rings. The molecule has 7 heteroatoms. The van der Waals surface area contributed by atoms with Crippen LogP contribution in [0.3, 0.4) is 0 Å². The van der Waals surface area contributed by atoms with Gasteiger partial charge in [0.1, 0.15) is 5.82 Å². The van der Waals surface area contributed by atoms with Crippen molar-refractivity contribution in [3.8, 4) is 0 Å². The maximum atomic E-state index is 13.3. The molecule has 154 valence electrons. The predicted octanol–water partition coefficient (Wildman–Crippen LogP) is 2.59. The number of nitrogens with zero attached hydrogens (tertiary/aromatic N) is 2. The Hall–Kier alpha value is -2.41. The molecule has 3 heterocycles. The number of fused-ring (bicyclic) bond motifs is 2. The Bertz CT molecular complexity index is 992. The second kappa shape index (κ2) is 7.44. The van der Waals surface area contributed by atoms with Crippen molar-refractivity contribution in [3.63, 3.8) is 0 Å². The summed E-state index contributed by atoms with van der Waals surface area (Å²) < 4.78 is 23.5. The Kier molecular flexibility index (Phi) is 5.11. The van der Waals surface area contributed by atoms with E-state index in [4.69, 9.17) is 0 Å². The Morgan fingerprint density at radius 3 is 2.59 bits per heavy atom. The summed E-state index contributed by atoms with van der Waals surface area (Å²) in [5, 5.41) is 3.07. The fourth-order valence-electron chi connectivity index (χ4n) is 5.08. The zero-order chi connectivity index (χ0) is 20.6. The number of nitrogens with one attached hydrogen (secondary N) is 1. The maximum absolute atomic E-state index is 13.3. The van der Waals surface area contributed by atoms with Crippen molar-refractivity contribution in [1.82, 2.24) is 10.3 Å². The minimum atomic E-state index is -3.28. The number of sulfone groups is 1. The highest BCUT2D eigenvalue weighted by molar-refractivity contribution is 7.90. The van der Waals surface area contributed by atoms with E-state index < -0.39 is 15.3 Å². The third-order valence-electron chi connectivity index (χ3n) is 6.31. The topological polar surface area (TPSA) is 79.4 Å². The van der Waals surface area contributed by atoms with E-state index in [1.54, 1.807) is 12.1 Å². The lowest BCUT2D eigenvalue weighted by Gasteiger charge is -2.36. The van der Waals surface area contributed by atoms with E-state index in [9.17, 15) is 13.2 Å². The van der Waals surface area contributed by atoms with Crippen molar-refractivity contribution >= 4 is 21.6 Å². The molecule has 2 saturated heterocycles. The quantitative estimate of drug-likeness (QED) is 0.787. The van der Waals surface area contributed by atoms with Gasteiger partial charge in [0.2, 0.25) is 5.91 Å². The standard InChI is InChI=1S/C22H27N3O3S/c1-3-23-21(26)22(13-16-7-5-4-6-8-16)14-17-9-11-19(22)25(17)20-12-10-18(15-24-20)29(2,27)28/h4-8,10,12,15,17,19H,3,9,11,13-14H2,1-2H3,(H,23,26)/t17-,19+,22+/m1/s1. The van der Waals surface area contributed by atoms with E-state index in [2.05, 4.69) is 27.3 Å². The summed E-state index contributed by atoms with van der Waals surface area (Å²) in [6.07, 6.45) is 6.05. The summed E-state index contributed by atoms with van der Waals surface area (Å²) in [4.78, 5) is 20.2. The Labute approximate surface area is 172 Å². The van der Waals surface area contributed by atoms with Gasteiger partial charge in [-0.25, -0.2) is 13.4 Å². The van der Waals surface area contributed by atoms with Crippen LogP contribution in [-0.4, -0.2) is 44.2 Å². The fraction of sp³-hybridized carbons (Fsp3) is 0.455. The summed E-state index contributed by atoms with van der Waals surface area (Å²) in [7, 11) is -3.28. The summed E-state index contributed by atoms with van der Waals surface area (Å²) in [6, 6.07) is 13.8. The average molecular weight is 414 g/mol. The first-order chi connectivity index (χ1) is 13.8. The van der Waals surface area contributed by atoms with Gasteiger partial charge in [-0.2, -0.15) is 0 Å². The third kappa shape index (κ3) is 3.52. The number of aromatic nitrogens is 1. The largest absolute Gasteiger partial charge is 0.356 e. The van der Waals surface area contributed by atoms with Gasteiger partial charge in [-0.15, -0.1) is 0 Å². The van der Waals surface area contributed by atoms with E-state index in [1.165, 1.54) is 12.5 Å². The van der Waals surface area contributed by atoms with Gasteiger partial charge < -0.3 is 10.2 Å². The minimum absolute atomic E-state index is 0.0517. The minimum Gasteiger partial charge on any atom is -0.356 e. The molecule has 0 saturated carbocycles. The van der Waals surface area contributed by atoms with Crippen molar-refractivity contribution in [2.24, 2.45) is 5.41 Å². The van der Waals surface area contributed by atoms with Gasteiger partial charge in [-0.3, -0.25) is 4.79 Å². The molecule has 2 aliphatic rings. The number of hydrogen-bond acceptors (Lipinski definition) is 5. The van der Waals surface area contributed by atoms with Gasteiger partial charge in [0, 0.05) is 31.1 Å². The lowest BCUT2D eigenvalue weighted by Crippen LogP contribution is -2.50. The number of carbonyl (C=O) groups is 1. The number of benzene rings is 1. The second-order valence-corrected chi connectivity index (χ2v) is 10.2. The molecule has 1 aromatic heterocycles. The van der Waals surface area contributed by atoms with Gasteiger partial charge in [0.05, 0.1) is 10.3 Å². The summed E-state index contributed by atoms with van der Waals surface area (Å²) in [6.45, 7) is 2.55. The van der Waals surface area contributed by atoms with Crippen LogP contribution in [0.1, 0.15) is 31.7 Å². The second-order valence-electron chi connectivity index (χ2n) is 8.16. The van der Waals surface area contributed by atoms with E-state index in [0.717, 1.165) is 30.6 Å². The number of amides is 1. The van der Waals surface area contributed by atoms with Gasteiger partial charge in [-0.05, 0) is 50.3 Å². The molecular formula is C22H27N3O3S. The Balaban J connectivity index is 1.69. The molecule has 29 heavy (non-hydrogen) atoms. The average Bonchev–Trinajstić information content (AvgIpc) is 3.25. The van der Waals surface area contributed by atoms with Crippen molar-refractivity contribution in [3.05, 3.63) is 54.2 Å². The summed E-state index contributed by atoms with van der Waals surface area (Å²) in [5.41, 5.74) is 0.656. The predicted molar refractivity (Wildman–Crippen MR) is 113 cm³/mol. The molecule has 2 bridgehead atoms. The third-order valence-corrected chi connectivity index (χ3v) is 7.40. The molecule has 0 spiro atoms. The van der Waals surface area contributed by atoms with Crippen molar-refractivity contribution in [2.75, 3.05) is 17.7 Å². The van der Waals surface area contributed by atoms with E-state index in [1.807, 2.05) is 25.1 Å². The first-order valence-electron chi connectivity index (χ1n) is 10.1. The number of hydrogen-bond donors (Lipinski definition) is 1. The van der Waals surface area contributed by atoms with E-state index in [0.29, 0.717) is 13.0 Å². The van der Waals surface area contributed by atoms with Crippen LogP contribution in [0.4, 0.5) is 5.82 Å². The van der Waals surface area contributed by atoms with Crippen molar-refractivity contribution in [2.45, 2.75) is 49.6 Å². The van der Waals surface area contributed by atoms with Crippen molar-refractivity contribution in [1.29, 1.82) is 0 Å². The zero-order valence-electron chi connectivity index (χ0n) is 16.8. The molecule has 0 unspecified atom stereocenters. The van der Waals surface area contributed by atoms with Crippen LogP contribution in [0.15, 0.2) is 53.6 Å². The first-order valence-corrected chi connectivity index (χ1v) is 12.0. The van der Waals surface area contributed by atoms with Crippen LogP contribution in [0.2, 0.25) is 0 Å². The maximum Gasteiger partial charge on any atom is 0.228 e. The lowest BCUT2D eigenvalue weighted by atomic mass is 9.69. The smallest absolute Gasteiger partial charge is 0.228 e. The highest BCUT2D eigenvalue weighted by atomic mass is 32.2. The van der Waals surface area contributed by atoms with E-state index in [-0.39, 0.29) is 22.9 Å². The van der Waals surface area contributed by atoms with Crippen LogP contribution >= 0.6 is 0 Å². The molecule has 6 nitrogen and oxygen atoms in total. The molecule has 1 aromatic carbocycles. The number of carbonyl (C=O) groups excluding carboxylic acids is 1. The highest BCUT2D eigenvalue weighted by Gasteiger charge is 2.59. The molecule has 3 atom stereocenters. The van der Waals surface area contributed by atoms with Gasteiger partial charge >= 0.3 is 0 Å². The molecular weight excluding hydrogens is 386 g/mol. The lowest BCUT2D eigenvalue weighted by molar-refractivity contribution is -0.132. The Morgan fingerprint density at radius 1 is 1.21 bits per heavy atom. The fourth-order valence-corrected chi connectivity index (χ4v) is 5.64. The summed E-state index contributed by atoms with van der Waals surface area (Å²) >= 11 is 0. The molecule has 0 aliphatic carbocycles. The zero-order valence-corrected chi connectivity index (χ0v) is 17.7. The highest BCUT2D eigenvalue weighted by Crippen LogP contribution is 2.53. The molecule has 2 aliphatic heterocycles. The van der Waals surface area contributed by atoms with Crippen LogP contribution in [0, 0.1) is 5.41 Å². The molecule has 0 radical (unpaired) electrons. The van der Waals surface area contributed by atoms with Crippen molar-refractivity contribution < 1.29 is 13.2 Å². The normalized spacial score (nSPS) is 25.9. The molecule has 2 fully saturated rings. The monoisotopic (exact) mass is 413 g/mol. The van der Waals surface area contributed by atoms with E-state index >= 15 is 0 Å². The van der Waals surface area contributed by atoms with Crippen LogP contribution < -0.4 is 10.2 Å². The SMILES string of the molecule is CCNC(=O)[C@@]1(Cc2ccccc2)C[C@H]2CC[C@@H]1N2c1ccc(S(C)(=O)=O)cn1. The number of rotatable bonds is 6. The number of anilines is 1. The number of pyridine rings is 1. The van der Waals surface area contributed by atoms with Gasteiger partial charge in [0.15, 0.2) is 9.84 Å². The summed E-state index contributed by atoms with van der Waals surface area (Å²) in [5.74, 6) is 0.859. The van der Waals surface area contributed by atoms with Gasteiger partial charge in [-0.1, -0.05) is 30.3 Å². The Morgan fingerprint density at radius 2 is 1.97 bits per heavy atom. The van der Waals surface area contributed by atoms with Crippen LogP contribution in [-0.2, 0) is 21.1 Å². The molecule has 4 rings (SSSR count).